The number of aromatic carboxylic acids is 1. The van der Waals surface area contributed by atoms with Gasteiger partial charge in [0.05, 0.1) is 11.7 Å². The molecule has 1 rings (SSSR count). The third-order valence-electron chi connectivity index (χ3n) is 2.42. The Morgan fingerprint density at radius 3 is 2.53 bits per heavy atom. The maximum absolute atomic E-state index is 10.7. The van der Waals surface area contributed by atoms with E-state index < -0.39 is 18.2 Å². The Labute approximate surface area is 107 Å². The van der Waals surface area contributed by atoms with Crippen LogP contribution in [-0.4, -0.2) is 32.7 Å². The van der Waals surface area contributed by atoms with Crippen molar-refractivity contribution in [1.29, 1.82) is 0 Å². The minimum absolute atomic E-state index is 0.0495. The molecule has 0 fully saturated rings. The van der Waals surface area contributed by atoms with Crippen LogP contribution in [0.3, 0.4) is 0 Å². The second-order valence-electron chi connectivity index (χ2n) is 3.64. The van der Waals surface area contributed by atoms with Crippen molar-refractivity contribution >= 4 is 27.6 Å². The molecule has 0 heterocycles. The van der Waals surface area contributed by atoms with E-state index >= 15 is 0 Å². The lowest BCUT2D eigenvalue weighted by Gasteiger charge is -2.19. The highest BCUT2D eigenvalue weighted by Gasteiger charge is 2.20. The van der Waals surface area contributed by atoms with Crippen molar-refractivity contribution in [2.75, 3.05) is 11.1 Å². The summed E-state index contributed by atoms with van der Waals surface area (Å²) < 4.78 is 0. The monoisotopic (exact) mass is 303 g/mol. The Morgan fingerprint density at radius 2 is 2.06 bits per heavy atom. The van der Waals surface area contributed by atoms with Crippen LogP contribution in [0.15, 0.2) is 18.2 Å². The first-order valence-electron chi connectivity index (χ1n) is 5.02. The zero-order chi connectivity index (χ0) is 13.0. The smallest absolute Gasteiger partial charge is 0.335 e. The van der Waals surface area contributed by atoms with E-state index in [4.69, 9.17) is 10.8 Å². The van der Waals surface area contributed by atoms with E-state index in [0.29, 0.717) is 17.3 Å². The number of rotatable bonds is 5. The number of nitrogens with two attached hydrogens (primary N) is 1. The van der Waals surface area contributed by atoms with Crippen molar-refractivity contribution in [3.05, 3.63) is 29.3 Å². The molecule has 0 bridgehead atoms. The van der Waals surface area contributed by atoms with Gasteiger partial charge in [-0.3, -0.25) is 0 Å². The number of aliphatic hydroxyl groups excluding tert-OH is 2. The number of carboxylic acid groups (broad SMARTS) is 1. The molecule has 0 aliphatic rings. The standard InChI is InChI=1S/C11H14BrNO4/c12-4-3-9(14)10(15)7-2-1-6(11(16)17)5-8(7)13/h1-2,5,9-10,14-15H,3-4,13H2,(H,16,17). The maximum Gasteiger partial charge on any atom is 0.335 e. The topological polar surface area (TPSA) is 104 Å². The zero-order valence-corrected chi connectivity index (χ0v) is 10.6. The molecule has 6 heteroatoms. The molecule has 94 valence electrons. The first-order valence-corrected chi connectivity index (χ1v) is 6.14. The van der Waals surface area contributed by atoms with Gasteiger partial charge in [0.25, 0.3) is 0 Å². The third-order valence-corrected chi connectivity index (χ3v) is 2.88. The molecule has 0 spiro atoms. The van der Waals surface area contributed by atoms with E-state index in [2.05, 4.69) is 15.9 Å². The molecular formula is C11H14BrNO4. The van der Waals surface area contributed by atoms with Crippen LogP contribution in [-0.2, 0) is 0 Å². The number of aliphatic hydroxyl groups is 2. The Morgan fingerprint density at radius 1 is 1.41 bits per heavy atom. The fourth-order valence-electron chi connectivity index (χ4n) is 1.45. The van der Waals surface area contributed by atoms with Gasteiger partial charge in [0.1, 0.15) is 6.10 Å². The highest BCUT2D eigenvalue weighted by Crippen LogP contribution is 2.25. The molecule has 0 saturated heterocycles. The first kappa shape index (κ1) is 14.0. The zero-order valence-electron chi connectivity index (χ0n) is 9.01. The normalized spacial score (nSPS) is 14.3. The number of alkyl halides is 1. The number of nitrogen functional groups attached to an aromatic ring is 1. The summed E-state index contributed by atoms with van der Waals surface area (Å²) in [6.45, 7) is 0. The maximum atomic E-state index is 10.7. The summed E-state index contributed by atoms with van der Waals surface area (Å²) in [5.74, 6) is -1.08. The van der Waals surface area contributed by atoms with Gasteiger partial charge in [-0.15, -0.1) is 0 Å². The molecule has 1 aromatic rings. The molecule has 0 saturated carbocycles. The van der Waals surface area contributed by atoms with Crippen LogP contribution in [0.1, 0.15) is 28.4 Å². The summed E-state index contributed by atoms with van der Waals surface area (Å²) in [7, 11) is 0. The SMILES string of the molecule is Nc1cc(C(=O)O)ccc1C(O)C(O)CCBr. The summed E-state index contributed by atoms with van der Waals surface area (Å²) in [5, 5.41) is 28.8. The van der Waals surface area contributed by atoms with Gasteiger partial charge in [-0.25, -0.2) is 4.79 Å². The summed E-state index contributed by atoms with van der Waals surface area (Å²) in [4.78, 5) is 10.7. The number of hydrogen-bond donors (Lipinski definition) is 4. The number of halogens is 1. The largest absolute Gasteiger partial charge is 0.478 e. The lowest BCUT2D eigenvalue weighted by molar-refractivity contribution is 0.0178. The molecule has 0 aromatic heterocycles. The number of carboxylic acids is 1. The summed E-state index contributed by atoms with van der Waals surface area (Å²) in [6.07, 6.45) is -1.68. The Bertz CT molecular complexity index is 410. The lowest BCUT2D eigenvalue weighted by Crippen LogP contribution is -2.20. The number of benzene rings is 1. The number of hydrogen-bond acceptors (Lipinski definition) is 4. The van der Waals surface area contributed by atoms with Gasteiger partial charge < -0.3 is 21.1 Å². The molecule has 5 nitrogen and oxygen atoms in total. The lowest BCUT2D eigenvalue weighted by atomic mass is 9.99. The van der Waals surface area contributed by atoms with Crippen LogP contribution in [0.5, 0.6) is 0 Å². The van der Waals surface area contributed by atoms with E-state index in [-0.39, 0.29) is 11.3 Å². The van der Waals surface area contributed by atoms with Gasteiger partial charge >= 0.3 is 5.97 Å². The van der Waals surface area contributed by atoms with Gasteiger partial charge in [0, 0.05) is 16.6 Å². The second kappa shape index (κ2) is 6.00. The van der Waals surface area contributed by atoms with Gasteiger partial charge in [-0.1, -0.05) is 22.0 Å². The van der Waals surface area contributed by atoms with Gasteiger partial charge in [-0.2, -0.15) is 0 Å². The molecule has 17 heavy (non-hydrogen) atoms. The molecule has 2 atom stereocenters. The Hall–Kier alpha value is -1.11. The van der Waals surface area contributed by atoms with Crippen LogP contribution in [0, 0.1) is 0 Å². The fourth-order valence-corrected chi connectivity index (χ4v) is 1.92. The molecular weight excluding hydrogens is 290 g/mol. The van der Waals surface area contributed by atoms with Gasteiger partial charge in [0.2, 0.25) is 0 Å². The second-order valence-corrected chi connectivity index (χ2v) is 4.43. The van der Waals surface area contributed by atoms with Crippen LogP contribution >= 0.6 is 15.9 Å². The van der Waals surface area contributed by atoms with E-state index in [0.717, 1.165) is 0 Å². The van der Waals surface area contributed by atoms with Gasteiger partial charge in [-0.05, 0) is 18.6 Å². The molecule has 1 aromatic carbocycles. The quantitative estimate of drug-likeness (QED) is 0.482. The minimum Gasteiger partial charge on any atom is -0.478 e. The molecule has 5 N–H and O–H groups in total. The van der Waals surface area contributed by atoms with E-state index in [1.54, 1.807) is 0 Å². The van der Waals surface area contributed by atoms with Crippen molar-refractivity contribution < 1.29 is 20.1 Å². The van der Waals surface area contributed by atoms with Crippen molar-refractivity contribution in [3.63, 3.8) is 0 Å². The predicted octanol–water partition coefficient (Wildman–Crippen LogP) is 1.15. The van der Waals surface area contributed by atoms with Gasteiger partial charge in [0.15, 0.2) is 0 Å². The Balaban J connectivity index is 2.95. The summed E-state index contributed by atoms with van der Waals surface area (Å²) >= 11 is 3.16. The van der Waals surface area contributed by atoms with Crippen molar-refractivity contribution in [1.82, 2.24) is 0 Å². The van der Waals surface area contributed by atoms with E-state index in [1.165, 1.54) is 18.2 Å². The Kier molecular flexibility index (Phi) is 4.92. The minimum atomic E-state index is -1.12. The van der Waals surface area contributed by atoms with Crippen LogP contribution in [0.25, 0.3) is 0 Å². The molecule has 0 aliphatic carbocycles. The number of anilines is 1. The highest BCUT2D eigenvalue weighted by atomic mass is 79.9. The average molecular weight is 304 g/mol. The molecule has 2 unspecified atom stereocenters. The van der Waals surface area contributed by atoms with Crippen molar-refractivity contribution in [3.8, 4) is 0 Å². The molecule has 0 amide bonds. The first-order chi connectivity index (χ1) is 7.97. The highest BCUT2D eigenvalue weighted by molar-refractivity contribution is 9.09. The summed E-state index contributed by atoms with van der Waals surface area (Å²) in [5.41, 5.74) is 6.19. The van der Waals surface area contributed by atoms with Crippen molar-refractivity contribution in [2.45, 2.75) is 18.6 Å². The fraction of sp³-hybridized carbons (Fsp3) is 0.364. The number of carbonyl (C=O) groups is 1. The van der Waals surface area contributed by atoms with E-state index in [9.17, 15) is 15.0 Å². The third kappa shape index (κ3) is 3.42. The van der Waals surface area contributed by atoms with Crippen LogP contribution < -0.4 is 5.73 Å². The predicted molar refractivity (Wildman–Crippen MR) is 67.2 cm³/mol. The summed E-state index contributed by atoms with van der Waals surface area (Å²) in [6, 6.07) is 4.03. The van der Waals surface area contributed by atoms with E-state index in [1.807, 2.05) is 0 Å². The molecule has 0 aliphatic heterocycles. The average Bonchev–Trinajstić information content (AvgIpc) is 2.28. The molecule has 0 radical (unpaired) electrons. The van der Waals surface area contributed by atoms with Crippen LogP contribution in [0.4, 0.5) is 5.69 Å². The van der Waals surface area contributed by atoms with Crippen LogP contribution in [0.2, 0.25) is 0 Å². The van der Waals surface area contributed by atoms with Crippen molar-refractivity contribution in [2.24, 2.45) is 0 Å².